The Morgan fingerprint density at radius 2 is 1.25 bits per heavy atom. The van der Waals surface area contributed by atoms with Crippen LogP contribution in [0.15, 0.2) is 170 Å². The lowest BCUT2D eigenvalue weighted by Crippen LogP contribution is -2.07. The van der Waals surface area contributed by atoms with Gasteiger partial charge in [-0.2, -0.15) is 9.97 Å². The maximum atomic E-state index is 5.45. The molecule has 3 aromatic heterocycles. The van der Waals surface area contributed by atoms with Gasteiger partial charge in [-0.1, -0.05) is 153 Å². The zero-order valence-corrected chi connectivity index (χ0v) is 31.0. The predicted molar refractivity (Wildman–Crippen MR) is 232 cm³/mol. The van der Waals surface area contributed by atoms with Crippen LogP contribution >= 0.6 is 11.3 Å². The third-order valence-corrected chi connectivity index (χ3v) is 12.3. The van der Waals surface area contributed by atoms with Crippen molar-refractivity contribution >= 4 is 69.7 Å². The van der Waals surface area contributed by atoms with E-state index in [1.807, 2.05) is 18.2 Å². The topological polar surface area (TPSA) is 43.6 Å². The smallest absolute Gasteiger partial charge is 0.238 e. The normalized spacial score (nSPS) is 14.4. The Bertz CT molecular complexity index is 3190. The third-order valence-electron chi connectivity index (χ3n) is 11.1. The number of hydrogen-bond donors (Lipinski definition) is 0. The summed E-state index contributed by atoms with van der Waals surface area (Å²) in [5.41, 5.74) is 8.99. The second kappa shape index (κ2) is 12.7. The molecular weight excluding hydrogens is 689 g/mol. The second-order valence-corrected chi connectivity index (χ2v) is 15.5. The molecular formula is C50H34N4S. The van der Waals surface area contributed by atoms with Crippen LogP contribution in [-0.4, -0.2) is 19.5 Å². The molecule has 1 aliphatic carbocycles. The first kappa shape index (κ1) is 31.8. The van der Waals surface area contributed by atoms with Crippen LogP contribution in [0.25, 0.3) is 98.2 Å². The number of rotatable bonds is 5. The fourth-order valence-electron chi connectivity index (χ4n) is 8.48. The van der Waals surface area contributed by atoms with Gasteiger partial charge >= 0.3 is 0 Å². The summed E-state index contributed by atoms with van der Waals surface area (Å²) in [6.07, 6.45) is 7.74. The third kappa shape index (κ3) is 5.15. The molecule has 0 spiro atoms. The first-order valence-electron chi connectivity index (χ1n) is 18.8. The van der Waals surface area contributed by atoms with Crippen molar-refractivity contribution in [1.82, 2.24) is 19.5 Å². The molecule has 1 unspecified atom stereocenters. The molecule has 7 aromatic carbocycles. The molecule has 10 aromatic rings. The molecule has 4 nitrogen and oxygen atoms in total. The Morgan fingerprint density at radius 1 is 0.545 bits per heavy atom. The van der Waals surface area contributed by atoms with Gasteiger partial charge in [0.25, 0.3) is 0 Å². The van der Waals surface area contributed by atoms with Gasteiger partial charge in [-0.05, 0) is 69.6 Å². The first-order valence-corrected chi connectivity index (χ1v) is 19.7. The Balaban J connectivity index is 1.27. The van der Waals surface area contributed by atoms with E-state index in [9.17, 15) is 0 Å². The number of aromatic nitrogens is 4. The number of allylic oxidation sites excluding steroid dienone is 4. The van der Waals surface area contributed by atoms with E-state index in [1.165, 1.54) is 64.0 Å². The molecule has 0 N–H and O–H groups in total. The van der Waals surface area contributed by atoms with Gasteiger partial charge in [0.05, 0.1) is 11.0 Å². The van der Waals surface area contributed by atoms with Gasteiger partial charge in [0.2, 0.25) is 5.95 Å². The Morgan fingerprint density at radius 3 is 2.07 bits per heavy atom. The van der Waals surface area contributed by atoms with E-state index < -0.39 is 0 Å². The number of benzene rings is 7. The monoisotopic (exact) mass is 722 g/mol. The highest BCUT2D eigenvalue weighted by molar-refractivity contribution is 7.26. The molecule has 0 saturated carbocycles. The summed E-state index contributed by atoms with van der Waals surface area (Å²) in [5, 5.41) is 7.25. The van der Waals surface area contributed by atoms with Crippen LogP contribution in [0, 0.1) is 5.92 Å². The number of nitrogens with zero attached hydrogens (tertiary/aromatic N) is 4. The van der Waals surface area contributed by atoms with Gasteiger partial charge < -0.3 is 0 Å². The molecule has 0 bridgehead atoms. The zero-order valence-electron chi connectivity index (χ0n) is 30.1. The molecule has 11 rings (SSSR count). The lowest BCUT2D eigenvalue weighted by molar-refractivity contribution is 0.758. The van der Waals surface area contributed by atoms with Crippen LogP contribution in [-0.2, 0) is 0 Å². The van der Waals surface area contributed by atoms with Crippen LogP contribution in [0.5, 0.6) is 0 Å². The molecule has 0 saturated heterocycles. The van der Waals surface area contributed by atoms with Crippen LogP contribution in [0.2, 0.25) is 0 Å². The van der Waals surface area contributed by atoms with Crippen LogP contribution in [0.3, 0.4) is 0 Å². The number of thiophene rings is 1. The lowest BCUT2D eigenvalue weighted by Gasteiger charge is -2.18. The maximum absolute atomic E-state index is 5.45. The van der Waals surface area contributed by atoms with Crippen molar-refractivity contribution in [2.75, 3.05) is 0 Å². The van der Waals surface area contributed by atoms with Crippen LogP contribution in [0.1, 0.15) is 18.9 Å². The summed E-state index contributed by atoms with van der Waals surface area (Å²) < 4.78 is 4.71. The van der Waals surface area contributed by atoms with Gasteiger partial charge in [0, 0.05) is 42.1 Å². The van der Waals surface area contributed by atoms with Crippen molar-refractivity contribution in [3.05, 3.63) is 175 Å². The maximum Gasteiger partial charge on any atom is 0.238 e. The van der Waals surface area contributed by atoms with Crippen molar-refractivity contribution in [1.29, 1.82) is 0 Å². The Labute approximate surface area is 322 Å². The Hall–Kier alpha value is -6.69. The van der Waals surface area contributed by atoms with E-state index in [0.29, 0.717) is 23.5 Å². The van der Waals surface area contributed by atoms with Crippen molar-refractivity contribution in [2.45, 2.75) is 13.3 Å². The molecule has 5 heteroatoms. The van der Waals surface area contributed by atoms with Gasteiger partial charge in [-0.15, -0.1) is 11.3 Å². The molecule has 1 atom stereocenters. The summed E-state index contributed by atoms with van der Waals surface area (Å²) in [6, 6.07) is 54.2. The number of hydrogen-bond acceptors (Lipinski definition) is 4. The minimum atomic E-state index is 0.418. The molecule has 260 valence electrons. The van der Waals surface area contributed by atoms with Crippen molar-refractivity contribution < 1.29 is 0 Å². The average molecular weight is 723 g/mol. The molecule has 0 fully saturated rings. The summed E-state index contributed by atoms with van der Waals surface area (Å²) in [6.45, 7) is 2.31. The highest BCUT2D eigenvalue weighted by Gasteiger charge is 2.23. The molecule has 1 aliphatic rings. The van der Waals surface area contributed by atoms with Gasteiger partial charge in [-0.25, -0.2) is 4.98 Å². The van der Waals surface area contributed by atoms with Crippen molar-refractivity contribution in [3.8, 4) is 39.9 Å². The minimum Gasteiger partial charge on any atom is -0.278 e. The standard InChI is InChI=1S/C50H34N4S/c1-31-15-8-9-20-35(31)34-27-28-40-43(29-34)54(44-30-42(32-16-4-2-5-17-32)36-21-10-11-23-38(36)46(40)44)50-52-48(33-18-6-3-7-19-33)51-49(53-50)41-25-14-24-39-37-22-12-13-26-45(37)55-47(39)41/h2-14,16-31H,15H2,1H3. The Kier molecular flexibility index (Phi) is 7.36. The molecule has 3 heterocycles. The van der Waals surface area contributed by atoms with E-state index in [-0.39, 0.29) is 0 Å². The first-order chi connectivity index (χ1) is 27.2. The van der Waals surface area contributed by atoms with E-state index in [4.69, 9.17) is 15.0 Å². The van der Waals surface area contributed by atoms with E-state index in [2.05, 4.69) is 163 Å². The summed E-state index contributed by atoms with van der Waals surface area (Å²) in [7, 11) is 0. The largest absolute Gasteiger partial charge is 0.278 e. The lowest BCUT2D eigenvalue weighted by atomic mass is 9.87. The van der Waals surface area contributed by atoms with Gasteiger partial charge in [0.15, 0.2) is 11.6 Å². The fraction of sp³-hybridized carbons (Fsp3) is 0.0600. The average Bonchev–Trinajstić information content (AvgIpc) is 3.80. The summed E-state index contributed by atoms with van der Waals surface area (Å²) in [4.78, 5) is 16.0. The van der Waals surface area contributed by atoms with E-state index in [1.54, 1.807) is 11.3 Å². The van der Waals surface area contributed by atoms with Gasteiger partial charge in [0.1, 0.15) is 0 Å². The molecule has 0 radical (unpaired) electrons. The quantitative estimate of drug-likeness (QED) is 0.178. The summed E-state index contributed by atoms with van der Waals surface area (Å²) >= 11 is 1.79. The minimum absolute atomic E-state index is 0.418. The number of fused-ring (bicyclic) bond motifs is 8. The molecule has 0 amide bonds. The highest BCUT2D eigenvalue weighted by atomic mass is 32.1. The zero-order chi connectivity index (χ0) is 36.5. The van der Waals surface area contributed by atoms with Crippen LogP contribution in [0.4, 0.5) is 0 Å². The van der Waals surface area contributed by atoms with E-state index >= 15 is 0 Å². The molecule has 0 aliphatic heterocycles. The fourth-order valence-corrected chi connectivity index (χ4v) is 9.69. The summed E-state index contributed by atoms with van der Waals surface area (Å²) in [5.74, 6) is 2.31. The second-order valence-electron chi connectivity index (χ2n) is 14.4. The SMILES string of the molecule is CC1CC=CC=C1c1ccc2c3c4ccccc4c(-c4ccccc4)cc3n(-c3nc(-c4ccccc4)nc(-c4cccc5c4sc4ccccc45)n3)c2c1. The predicted octanol–water partition coefficient (Wildman–Crippen LogP) is 13.5. The van der Waals surface area contributed by atoms with Crippen molar-refractivity contribution in [2.24, 2.45) is 5.92 Å². The molecule has 55 heavy (non-hydrogen) atoms. The van der Waals surface area contributed by atoms with Crippen molar-refractivity contribution in [3.63, 3.8) is 0 Å². The highest BCUT2D eigenvalue weighted by Crippen LogP contribution is 2.44. The van der Waals surface area contributed by atoms with Crippen LogP contribution < -0.4 is 0 Å². The van der Waals surface area contributed by atoms with Gasteiger partial charge in [-0.3, -0.25) is 4.57 Å². The van der Waals surface area contributed by atoms with E-state index in [0.717, 1.165) is 28.6 Å².